The molecule has 0 bridgehead atoms. The maximum absolute atomic E-state index is 11.7. The predicted molar refractivity (Wildman–Crippen MR) is 56.9 cm³/mol. The Bertz CT molecular complexity index is 209. The van der Waals surface area contributed by atoms with Gasteiger partial charge in [-0.2, -0.15) is 0 Å². The van der Waals surface area contributed by atoms with E-state index < -0.39 is 0 Å². The van der Waals surface area contributed by atoms with Gasteiger partial charge in [-0.3, -0.25) is 4.79 Å². The molecule has 0 aromatic carbocycles. The largest absolute Gasteiger partial charge is 0.381 e. The minimum atomic E-state index is 0.0416. The number of nitrogens with one attached hydrogen (secondary N) is 2. The van der Waals surface area contributed by atoms with Crippen LogP contribution in [0.2, 0.25) is 0 Å². The van der Waals surface area contributed by atoms with Gasteiger partial charge < -0.3 is 15.5 Å². The Hall–Kier alpha value is -1.03. The van der Waals surface area contributed by atoms with Crippen molar-refractivity contribution in [3.05, 3.63) is 12.3 Å². The molecule has 0 aliphatic carbocycles. The van der Waals surface area contributed by atoms with E-state index in [9.17, 15) is 4.79 Å². The predicted octanol–water partition coefficient (Wildman–Crippen LogP) is -0.0685. The summed E-state index contributed by atoms with van der Waals surface area (Å²) in [5.74, 6) is 0.0416. The quantitative estimate of drug-likeness (QED) is 0.620. The number of hydrogen-bond acceptors (Lipinski definition) is 3. The normalized spacial score (nSPS) is 16.5. The molecule has 4 nitrogen and oxygen atoms in total. The van der Waals surface area contributed by atoms with Crippen LogP contribution in [0.4, 0.5) is 0 Å². The van der Waals surface area contributed by atoms with Crippen LogP contribution in [-0.2, 0) is 4.79 Å². The lowest BCUT2D eigenvalue weighted by atomic mass is 10.3. The summed E-state index contributed by atoms with van der Waals surface area (Å²) < 4.78 is 0. The summed E-state index contributed by atoms with van der Waals surface area (Å²) in [4.78, 5) is 13.6. The van der Waals surface area contributed by atoms with Gasteiger partial charge in [0.1, 0.15) is 0 Å². The van der Waals surface area contributed by atoms with Gasteiger partial charge in [0.2, 0.25) is 0 Å². The molecule has 0 aromatic heterocycles. The van der Waals surface area contributed by atoms with Crippen LogP contribution in [0, 0.1) is 0 Å². The van der Waals surface area contributed by atoms with Crippen molar-refractivity contribution in [1.29, 1.82) is 0 Å². The first kappa shape index (κ1) is 11.0. The number of carbonyl (C=O) groups is 1. The summed E-state index contributed by atoms with van der Waals surface area (Å²) in [5, 5.41) is 6.23. The van der Waals surface area contributed by atoms with E-state index in [0.717, 1.165) is 39.1 Å². The van der Waals surface area contributed by atoms with Gasteiger partial charge in [0.05, 0.1) is 5.70 Å². The highest BCUT2D eigenvalue weighted by Gasteiger charge is 2.17. The second kappa shape index (κ2) is 5.65. The summed E-state index contributed by atoms with van der Waals surface area (Å²) in [6.45, 7) is 9.96. The van der Waals surface area contributed by atoms with Crippen LogP contribution in [0.5, 0.6) is 0 Å². The molecule has 0 saturated carbocycles. The maximum atomic E-state index is 11.7. The molecule has 0 unspecified atom stereocenters. The van der Waals surface area contributed by atoms with Crippen LogP contribution in [-0.4, -0.2) is 43.5 Å². The Morgan fingerprint density at radius 1 is 1.50 bits per heavy atom. The standard InChI is InChI=1S/C10H19N3O/c1-3-4-12-9(2)10(14)13-7-5-11-6-8-13/h11-12H,2-8H2,1H3. The zero-order valence-corrected chi connectivity index (χ0v) is 8.81. The molecular weight excluding hydrogens is 178 g/mol. The van der Waals surface area contributed by atoms with Crippen molar-refractivity contribution in [2.45, 2.75) is 13.3 Å². The highest BCUT2D eigenvalue weighted by molar-refractivity contribution is 5.92. The Labute approximate surface area is 85.3 Å². The lowest BCUT2D eigenvalue weighted by Crippen LogP contribution is -2.48. The van der Waals surface area contributed by atoms with E-state index in [1.165, 1.54) is 0 Å². The first-order chi connectivity index (χ1) is 6.75. The van der Waals surface area contributed by atoms with E-state index in [0.29, 0.717) is 5.70 Å². The lowest BCUT2D eigenvalue weighted by molar-refractivity contribution is -0.128. The van der Waals surface area contributed by atoms with Crippen molar-refractivity contribution in [3.63, 3.8) is 0 Å². The van der Waals surface area contributed by atoms with Gasteiger partial charge in [0.15, 0.2) is 0 Å². The molecule has 0 atom stereocenters. The fraction of sp³-hybridized carbons (Fsp3) is 0.700. The number of rotatable bonds is 4. The molecule has 80 valence electrons. The van der Waals surface area contributed by atoms with Crippen molar-refractivity contribution in [2.24, 2.45) is 0 Å². The fourth-order valence-electron chi connectivity index (χ4n) is 1.41. The van der Waals surface area contributed by atoms with E-state index in [1.807, 2.05) is 4.90 Å². The molecule has 1 amide bonds. The van der Waals surface area contributed by atoms with Gasteiger partial charge in [-0.1, -0.05) is 13.5 Å². The van der Waals surface area contributed by atoms with Crippen LogP contribution < -0.4 is 10.6 Å². The summed E-state index contributed by atoms with van der Waals surface area (Å²) in [5.41, 5.74) is 0.522. The molecule has 1 saturated heterocycles. The SMILES string of the molecule is C=C(NCCC)C(=O)N1CCNCC1. The van der Waals surface area contributed by atoms with Gasteiger partial charge in [-0.05, 0) is 6.42 Å². The molecule has 14 heavy (non-hydrogen) atoms. The van der Waals surface area contributed by atoms with E-state index in [1.54, 1.807) is 0 Å². The van der Waals surface area contributed by atoms with Gasteiger partial charge in [-0.25, -0.2) is 0 Å². The molecule has 1 aliphatic heterocycles. The zero-order chi connectivity index (χ0) is 10.4. The van der Waals surface area contributed by atoms with Crippen LogP contribution in [0.1, 0.15) is 13.3 Å². The Balaban J connectivity index is 2.34. The van der Waals surface area contributed by atoms with E-state index in [2.05, 4.69) is 24.1 Å². The molecule has 0 aromatic rings. The number of nitrogens with zero attached hydrogens (tertiary/aromatic N) is 1. The third-order valence-corrected chi connectivity index (χ3v) is 2.25. The van der Waals surface area contributed by atoms with Gasteiger partial charge in [0, 0.05) is 32.7 Å². The van der Waals surface area contributed by atoms with Crippen molar-refractivity contribution in [1.82, 2.24) is 15.5 Å². The molecule has 2 N–H and O–H groups in total. The second-order valence-electron chi connectivity index (χ2n) is 3.45. The van der Waals surface area contributed by atoms with E-state index >= 15 is 0 Å². The second-order valence-corrected chi connectivity index (χ2v) is 3.45. The van der Waals surface area contributed by atoms with Crippen molar-refractivity contribution in [3.8, 4) is 0 Å². The smallest absolute Gasteiger partial charge is 0.269 e. The number of piperazine rings is 1. The molecular formula is C10H19N3O. The van der Waals surface area contributed by atoms with Crippen LogP contribution >= 0.6 is 0 Å². The molecule has 1 fully saturated rings. The highest BCUT2D eigenvalue weighted by atomic mass is 16.2. The molecule has 4 heteroatoms. The average molecular weight is 197 g/mol. The number of amides is 1. The Morgan fingerprint density at radius 3 is 2.71 bits per heavy atom. The number of carbonyl (C=O) groups excluding carboxylic acids is 1. The van der Waals surface area contributed by atoms with Crippen LogP contribution in [0.25, 0.3) is 0 Å². The van der Waals surface area contributed by atoms with Crippen molar-refractivity contribution >= 4 is 5.91 Å². The molecule has 1 rings (SSSR count). The van der Waals surface area contributed by atoms with E-state index in [-0.39, 0.29) is 5.91 Å². The van der Waals surface area contributed by atoms with E-state index in [4.69, 9.17) is 0 Å². The van der Waals surface area contributed by atoms with Gasteiger partial charge in [0.25, 0.3) is 5.91 Å². The Morgan fingerprint density at radius 2 is 2.14 bits per heavy atom. The third kappa shape index (κ3) is 3.03. The van der Waals surface area contributed by atoms with Crippen molar-refractivity contribution in [2.75, 3.05) is 32.7 Å². The lowest BCUT2D eigenvalue weighted by Gasteiger charge is -2.28. The van der Waals surface area contributed by atoms with Crippen molar-refractivity contribution < 1.29 is 4.79 Å². The fourth-order valence-corrected chi connectivity index (χ4v) is 1.41. The monoisotopic (exact) mass is 197 g/mol. The highest BCUT2D eigenvalue weighted by Crippen LogP contribution is 1.98. The third-order valence-electron chi connectivity index (χ3n) is 2.25. The summed E-state index contributed by atoms with van der Waals surface area (Å²) in [6.07, 6.45) is 1.01. The number of hydrogen-bond donors (Lipinski definition) is 2. The zero-order valence-electron chi connectivity index (χ0n) is 8.81. The minimum Gasteiger partial charge on any atom is -0.381 e. The van der Waals surface area contributed by atoms with Crippen LogP contribution in [0.3, 0.4) is 0 Å². The summed E-state index contributed by atoms with van der Waals surface area (Å²) in [6, 6.07) is 0. The first-order valence-corrected chi connectivity index (χ1v) is 5.18. The minimum absolute atomic E-state index is 0.0416. The first-order valence-electron chi connectivity index (χ1n) is 5.18. The summed E-state index contributed by atoms with van der Waals surface area (Å²) in [7, 11) is 0. The van der Waals surface area contributed by atoms with Gasteiger partial charge >= 0.3 is 0 Å². The Kier molecular flexibility index (Phi) is 4.46. The molecule has 0 spiro atoms. The van der Waals surface area contributed by atoms with Gasteiger partial charge in [-0.15, -0.1) is 0 Å². The molecule has 0 radical (unpaired) electrons. The molecule has 1 aliphatic rings. The molecule has 1 heterocycles. The summed E-state index contributed by atoms with van der Waals surface area (Å²) >= 11 is 0. The topological polar surface area (TPSA) is 44.4 Å². The average Bonchev–Trinajstić information content (AvgIpc) is 2.26. The maximum Gasteiger partial charge on any atom is 0.269 e. The van der Waals surface area contributed by atoms with Crippen LogP contribution in [0.15, 0.2) is 12.3 Å².